The Morgan fingerprint density at radius 2 is 1.97 bits per heavy atom. The Kier molecular flexibility index (Phi) is 5.56. The predicted octanol–water partition coefficient (Wildman–Crippen LogP) is 5.48. The number of allylic oxidation sites excluding steroid dienone is 2. The molecule has 2 aliphatic rings. The quantitative estimate of drug-likeness (QED) is 0.480. The molecule has 0 saturated heterocycles. The van der Waals surface area contributed by atoms with Crippen LogP contribution in [0.2, 0.25) is 0 Å². The van der Waals surface area contributed by atoms with Gasteiger partial charge in [0.05, 0.1) is 5.25 Å². The highest BCUT2D eigenvalue weighted by atomic mass is 32.2. The number of rotatable bonds is 5. The molecule has 4 rings (SSSR count). The van der Waals surface area contributed by atoms with Crippen molar-refractivity contribution in [2.45, 2.75) is 74.7 Å². The van der Waals surface area contributed by atoms with Crippen molar-refractivity contribution in [3.05, 3.63) is 47.5 Å². The van der Waals surface area contributed by atoms with E-state index in [0.717, 1.165) is 30.1 Å². The fraction of sp³-hybridized carbons (Fsp3) is 0.522. The summed E-state index contributed by atoms with van der Waals surface area (Å²) in [7, 11) is 2.03. The van der Waals surface area contributed by atoms with E-state index in [4.69, 9.17) is 4.42 Å². The standard InChI is InChI=1S/C23H29N3O2S/c1-15(29-22-25-24-21(28-22)16-10-6-5-7-11-16)19(27)14-20-23(2,3)17-12-8-9-13-18(17)26(20)4/h8-9,12-16H,5-7,10-11H2,1-4H3. The van der Waals surface area contributed by atoms with E-state index >= 15 is 0 Å². The van der Waals surface area contributed by atoms with Crippen molar-refractivity contribution in [3.8, 4) is 0 Å². The zero-order chi connectivity index (χ0) is 20.6. The molecule has 0 N–H and O–H groups in total. The molecule has 0 spiro atoms. The lowest BCUT2D eigenvalue weighted by Gasteiger charge is -2.24. The van der Waals surface area contributed by atoms with Gasteiger partial charge in [0, 0.05) is 35.8 Å². The number of hydrogen-bond acceptors (Lipinski definition) is 6. The maximum atomic E-state index is 13.0. The van der Waals surface area contributed by atoms with Gasteiger partial charge in [-0.3, -0.25) is 4.79 Å². The number of para-hydroxylation sites is 1. The van der Waals surface area contributed by atoms with Crippen LogP contribution >= 0.6 is 11.8 Å². The molecule has 0 bridgehead atoms. The number of benzene rings is 1. The second-order valence-electron chi connectivity index (χ2n) is 8.63. The Hall–Kier alpha value is -2.08. The smallest absolute Gasteiger partial charge is 0.277 e. The minimum Gasteiger partial charge on any atom is -0.416 e. The van der Waals surface area contributed by atoms with E-state index in [1.165, 1.54) is 36.6 Å². The molecule has 154 valence electrons. The van der Waals surface area contributed by atoms with Gasteiger partial charge in [-0.2, -0.15) is 0 Å². The molecule has 5 nitrogen and oxygen atoms in total. The van der Waals surface area contributed by atoms with E-state index in [-0.39, 0.29) is 16.4 Å². The van der Waals surface area contributed by atoms with Crippen molar-refractivity contribution < 1.29 is 9.21 Å². The van der Waals surface area contributed by atoms with Gasteiger partial charge in [0.1, 0.15) is 0 Å². The van der Waals surface area contributed by atoms with Gasteiger partial charge in [0.15, 0.2) is 5.78 Å². The summed E-state index contributed by atoms with van der Waals surface area (Å²) in [6.07, 6.45) is 7.77. The van der Waals surface area contributed by atoms with Crippen molar-refractivity contribution in [1.29, 1.82) is 0 Å². The SMILES string of the molecule is CC(Sc1nnc(C2CCCCC2)o1)C(=O)C=C1N(C)c2ccccc2C1(C)C. The molecule has 1 aliphatic heterocycles. The van der Waals surface area contributed by atoms with E-state index < -0.39 is 0 Å². The van der Waals surface area contributed by atoms with Crippen LogP contribution in [0.25, 0.3) is 0 Å². The average Bonchev–Trinajstić information content (AvgIpc) is 3.26. The van der Waals surface area contributed by atoms with Crippen molar-refractivity contribution >= 4 is 23.2 Å². The van der Waals surface area contributed by atoms with Crippen molar-refractivity contribution in [3.63, 3.8) is 0 Å². The molecule has 1 unspecified atom stereocenters. The fourth-order valence-corrected chi connectivity index (χ4v) is 5.21. The maximum Gasteiger partial charge on any atom is 0.277 e. The van der Waals surface area contributed by atoms with Gasteiger partial charge < -0.3 is 9.32 Å². The Morgan fingerprint density at radius 3 is 2.69 bits per heavy atom. The van der Waals surface area contributed by atoms with Crippen molar-refractivity contribution in [2.24, 2.45) is 0 Å². The second kappa shape index (κ2) is 7.98. The van der Waals surface area contributed by atoms with Gasteiger partial charge in [-0.1, -0.05) is 63.1 Å². The molecule has 1 atom stereocenters. The Bertz CT molecular complexity index is 928. The van der Waals surface area contributed by atoms with Crippen LogP contribution in [0.15, 0.2) is 45.7 Å². The minimum atomic E-state index is -0.282. The van der Waals surface area contributed by atoms with Crippen molar-refractivity contribution in [1.82, 2.24) is 10.2 Å². The number of carbonyl (C=O) groups excluding carboxylic acids is 1. The Labute approximate surface area is 177 Å². The number of hydrogen-bond donors (Lipinski definition) is 0. The highest BCUT2D eigenvalue weighted by Gasteiger charge is 2.39. The van der Waals surface area contributed by atoms with Gasteiger partial charge in [0.2, 0.25) is 5.89 Å². The lowest BCUT2D eigenvalue weighted by molar-refractivity contribution is -0.114. The summed E-state index contributed by atoms with van der Waals surface area (Å²) in [5.41, 5.74) is 3.22. The molecule has 0 amide bonds. The predicted molar refractivity (Wildman–Crippen MR) is 116 cm³/mol. The number of fused-ring (bicyclic) bond motifs is 1. The number of nitrogens with zero attached hydrogens (tertiary/aromatic N) is 3. The van der Waals surface area contributed by atoms with E-state index in [1.807, 2.05) is 20.0 Å². The number of thioether (sulfide) groups is 1. The number of likely N-dealkylation sites (N-methyl/N-ethyl adjacent to an activating group) is 1. The van der Waals surface area contributed by atoms with Gasteiger partial charge in [-0.05, 0) is 31.4 Å². The first-order valence-electron chi connectivity index (χ1n) is 10.5. The van der Waals surface area contributed by atoms with Crippen LogP contribution in [-0.2, 0) is 10.2 Å². The molecule has 1 fully saturated rings. The fourth-order valence-electron chi connectivity index (χ4n) is 4.50. The van der Waals surface area contributed by atoms with Gasteiger partial charge in [0.25, 0.3) is 5.22 Å². The summed E-state index contributed by atoms with van der Waals surface area (Å²) < 4.78 is 5.88. The van der Waals surface area contributed by atoms with Gasteiger partial charge in [-0.15, -0.1) is 10.2 Å². The summed E-state index contributed by atoms with van der Waals surface area (Å²) in [5.74, 6) is 1.18. The monoisotopic (exact) mass is 411 g/mol. The molecule has 1 aromatic heterocycles. The zero-order valence-electron chi connectivity index (χ0n) is 17.6. The molecule has 6 heteroatoms. The number of anilines is 1. The first kappa shape index (κ1) is 20.2. The number of ketones is 1. The second-order valence-corrected chi connectivity index (χ2v) is 9.93. The molecule has 2 aromatic rings. The Balaban J connectivity index is 1.47. The first-order chi connectivity index (χ1) is 13.9. The van der Waals surface area contributed by atoms with Crippen LogP contribution in [-0.4, -0.2) is 28.3 Å². The summed E-state index contributed by atoms with van der Waals surface area (Å²) >= 11 is 1.35. The van der Waals surface area contributed by atoms with Crippen LogP contribution in [0.3, 0.4) is 0 Å². The molecule has 29 heavy (non-hydrogen) atoms. The molecule has 0 radical (unpaired) electrons. The third-order valence-electron chi connectivity index (χ3n) is 6.27. The third kappa shape index (κ3) is 3.87. The average molecular weight is 412 g/mol. The molecular weight excluding hydrogens is 382 g/mol. The zero-order valence-corrected chi connectivity index (χ0v) is 18.5. The normalized spacial score (nSPS) is 21.4. The molecule has 1 aliphatic carbocycles. The van der Waals surface area contributed by atoms with E-state index in [9.17, 15) is 4.79 Å². The first-order valence-corrected chi connectivity index (χ1v) is 11.3. The highest BCUT2D eigenvalue weighted by Crippen LogP contribution is 2.46. The van der Waals surface area contributed by atoms with E-state index in [0.29, 0.717) is 11.1 Å². The van der Waals surface area contributed by atoms with Crippen LogP contribution < -0.4 is 4.90 Å². The topological polar surface area (TPSA) is 59.2 Å². The molecule has 2 heterocycles. The summed E-state index contributed by atoms with van der Waals surface area (Å²) in [6.45, 7) is 6.24. The summed E-state index contributed by atoms with van der Waals surface area (Å²) in [6, 6.07) is 8.33. The van der Waals surface area contributed by atoms with Crippen LogP contribution in [0.4, 0.5) is 5.69 Å². The highest BCUT2D eigenvalue weighted by molar-refractivity contribution is 8.00. The summed E-state index contributed by atoms with van der Waals surface area (Å²) in [5, 5.41) is 8.64. The van der Waals surface area contributed by atoms with Crippen LogP contribution in [0.1, 0.15) is 70.2 Å². The van der Waals surface area contributed by atoms with Crippen LogP contribution in [0.5, 0.6) is 0 Å². The third-order valence-corrected chi connectivity index (χ3v) is 7.23. The van der Waals surface area contributed by atoms with Gasteiger partial charge >= 0.3 is 0 Å². The Morgan fingerprint density at radius 1 is 1.24 bits per heavy atom. The number of carbonyl (C=O) groups is 1. The van der Waals surface area contributed by atoms with E-state index in [2.05, 4.69) is 47.1 Å². The molecular formula is C23H29N3O2S. The van der Waals surface area contributed by atoms with E-state index in [1.54, 1.807) is 6.08 Å². The lowest BCUT2D eigenvalue weighted by atomic mass is 9.83. The lowest BCUT2D eigenvalue weighted by Crippen LogP contribution is -2.25. The molecule has 1 aromatic carbocycles. The maximum absolute atomic E-state index is 13.0. The van der Waals surface area contributed by atoms with Crippen molar-refractivity contribution in [2.75, 3.05) is 11.9 Å². The van der Waals surface area contributed by atoms with Gasteiger partial charge in [-0.25, -0.2) is 0 Å². The summed E-state index contributed by atoms with van der Waals surface area (Å²) in [4.78, 5) is 15.1. The largest absolute Gasteiger partial charge is 0.416 e. The number of aromatic nitrogens is 2. The molecule has 1 saturated carbocycles. The van der Waals surface area contributed by atoms with Crippen LogP contribution in [0, 0.1) is 0 Å². The minimum absolute atomic E-state index is 0.0650.